The van der Waals surface area contributed by atoms with E-state index >= 15 is 0 Å². The third-order valence-corrected chi connectivity index (χ3v) is 4.53. The van der Waals surface area contributed by atoms with Crippen LogP contribution in [0, 0.1) is 0 Å². The van der Waals surface area contributed by atoms with Crippen LogP contribution in [0.1, 0.15) is 5.56 Å². The van der Waals surface area contributed by atoms with Crippen molar-refractivity contribution in [3.8, 4) is 0 Å². The zero-order chi connectivity index (χ0) is 14.9. The van der Waals surface area contributed by atoms with Crippen LogP contribution in [0.25, 0.3) is 0 Å². The van der Waals surface area contributed by atoms with E-state index in [1.54, 1.807) is 23.5 Å². The molecule has 5 heteroatoms. The van der Waals surface area contributed by atoms with Gasteiger partial charge in [-0.05, 0) is 24.6 Å². The topological polar surface area (TPSA) is 36.8 Å². The summed E-state index contributed by atoms with van der Waals surface area (Å²) in [6.45, 7) is 0. The minimum Gasteiger partial charge on any atom is -0.259 e. The van der Waals surface area contributed by atoms with Crippen LogP contribution in [0.4, 0.5) is 5.69 Å². The smallest absolute Gasteiger partial charge is 0.154 e. The van der Waals surface area contributed by atoms with E-state index in [1.165, 1.54) is 0 Å². The number of hydrogen-bond acceptors (Lipinski definition) is 4. The van der Waals surface area contributed by atoms with E-state index in [0.29, 0.717) is 0 Å². The molecule has 21 heavy (non-hydrogen) atoms. The fourth-order valence-electron chi connectivity index (χ4n) is 1.65. The highest BCUT2D eigenvalue weighted by Gasteiger charge is 2.03. The molecule has 0 fully saturated rings. The number of benzene rings is 2. The number of aliphatic imine (C=N–C) groups is 1. The molecule has 0 aliphatic carbocycles. The van der Waals surface area contributed by atoms with Gasteiger partial charge in [-0.2, -0.15) is 5.10 Å². The van der Waals surface area contributed by atoms with Gasteiger partial charge < -0.3 is 0 Å². The van der Waals surface area contributed by atoms with E-state index in [-0.39, 0.29) is 0 Å². The number of nitrogens with zero attached hydrogens (tertiary/aromatic N) is 2. The molecule has 2 aromatic rings. The van der Waals surface area contributed by atoms with Crippen molar-refractivity contribution in [1.29, 1.82) is 0 Å². The summed E-state index contributed by atoms with van der Waals surface area (Å²) in [5.74, 6) is 0.738. The molecule has 2 rings (SSSR count). The van der Waals surface area contributed by atoms with E-state index in [0.717, 1.165) is 21.5 Å². The van der Waals surface area contributed by atoms with Crippen LogP contribution in [0.15, 0.2) is 70.8 Å². The van der Waals surface area contributed by atoms with Crippen LogP contribution in [0.3, 0.4) is 0 Å². The fourth-order valence-corrected chi connectivity index (χ4v) is 2.60. The Hall–Kier alpha value is -1.72. The molecule has 108 valence electrons. The number of hydrazone groups is 1. The Morgan fingerprint density at radius 1 is 0.857 bits per heavy atom. The van der Waals surface area contributed by atoms with Gasteiger partial charge in [-0.25, -0.2) is 4.99 Å². The lowest BCUT2D eigenvalue weighted by Crippen LogP contribution is -2.19. The van der Waals surface area contributed by atoms with Crippen molar-refractivity contribution in [3.05, 3.63) is 66.2 Å². The molecule has 0 radical (unpaired) electrons. The Morgan fingerprint density at radius 2 is 1.43 bits per heavy atom. The first-order chi connectivity index (χ1) is 10.3. The Kier molecular flexibility index (Phi) is 6.37. The molecular formula is C16H17N3S2. The average Bonchev–Trinajstić information content (AvgIpc) is 2.56. The number of para-hydroxylation sites is 1. The van der Waals surface area contributed by atoms with Crippen molar-refractivity contribution < 1.29 is 0 Å². The highest BCUT2D eigenvalue weighted by molar-refractivity contribution is 8.38. The van der Waals surface area contributed by atoms with Crippen molar-refractivity contribution in [2.75, 3.05) is 12.5 Å². The molecule has 0 atom stereocenters. The lowest BCUT2D eigenvalue weighted by molar-refractivity contribution is 1.03. The van der Waals surface area contributed by atoms with Gasteiger partial charge in [0.25, 0.3) is 0 Å². The maximum Gasteiger partial charge on any atom is 0.154 e. The first-order valence-electron chi connectivity index (χ1n) is 6.44. The van der Waals surface area contributed by atoms with E-state index in [4.69, 9.17) is 0 Å². The van der Waals surface area contributed by atoms with Gasteiger partial charge in [0.1, 0.15) is 4.38 Å². The Bertz CT molecular complexity index is 604. The lowest BCUT2D eigenvalue weighted by Gasteiger charge is -2.07. The molecule has 0 aromatic heterocycles. The maximum atomic E-state index is 4.65. The van der Waals surface area contributed by atoms with Gasteiger partial charge in [-0.1, -0.05) is 48.5 Å². The summed E-state index contributed by atoms with van der Waals surface area (Å²) < 4.78 is 0.965. The molecule has 0 aliphatic rings. The molecular weight excluding hydrogens is 298 g/mol. The summed E-state index contributed by atoms with van der Waals surface area (Å²) in [7, 11) is 0. The zero-order valence-electron chi connectivity index (χ0n) is 12.0. The van der Waals surface area contributed by atoms with Gasteiger partial charge in [0.05, 0.1) is 5.69 Å². The monoisotopic (exact) mass is 315 g/mol. The average molecular weight is 315 g/mol. The minimum atomic E-state index is 0.738. The molecule has 0 heterocycles. The molecule has 1 N–H and O–H groups in total. The second kappa shape index (κ2) is 8.54. The second-order valence-corrected chi connectivity index (χ2v) is 5.91. The van der Waals surface area contributed by atoms with Crippen LogP contribution >= 0.6 is 23.5 Å². The molecule has 2 aromatic carbocycles. The maximum absolute atomic E-state index is 4.65. The van der Waals surface area contributed by atoms with Gasteiger partial charge in [0.15, 0.2) is 5.84 Å². The molecule has 0 aliphatic heterocycles. The summed E-state index contributed by atoms with van der Waals surface area (Å²) in [4.78, 5) is 4.65. The SMILES string of the molecule is CSC(=NNC(=Nc1ccccc1)c1ccccc1)SC. The summed E-state index contributed by atoms with van der Waals surface area (Å²) in [6.07, 6.45) is 4.01. The highest BCUT2D eigenvalue weighted by atomic mass is 32.2. The highest BCUT2D eigenvalue weighted by Crippen LogP contribution is 2.13. The summed E-state index contributed by atoms with van der Waals surface area (Å²) >= 11 is 3.22. The number of hydrogen-bond donors (Lipinski definition) is 1. The molecule has 0 saturated heterocycles. The van der Waals surface area contributed by atoms with Gasteiger partial charge >= 0.3 is 0 Å². The van der Waals surface area contributed by atoms with Crippen molar-refractivity contribution in [2.24, 2.45) is 10.1 Å². The molecule has 0 saturated carbocycles. The van der Waals surface area contributed by atoms with Crippen molar-refractivity contribution >= 4 is 39.4 Å². The Labute approximate surface area is 134 Å². The third-order valence-electron chi connectivity index (χ3n) is 2.65. The quantitative estimate of drug-likeness (QED) is 0.520. The standard InChI is InChI=1S/C16H17N3S2/c1-20-16(21-2)19-18-15(13-9-5-3-6-10-13)17-14-11-7-4-8-12-14/h3-12H,1-2H3,(H,17,18). The Morgan fingerprint density at radius 3 is 2.00 bits per heavy atom. The molecule has 0 bridgehead atoms. The molecule has 0 spiro atoms. The number of amidine groups is 1. The number of rotatable bonds is 3. The molecule has 0 unspecified atom stereocenters. The third kappa shape index (κ3) is 4.95. The van der Waals surface area contributed by atoms with Crippen LogP contribution in [-0.4, -0.2) is 22.7 Å². The van der Waals surface area contributed by atoms with Gasteiger partial charge in [0, 0.05) is 5.56 Å². The second-order valence-electron chi connectivity index (χ2n) is 4.06. The molecule has 3 nitrogen and oxygen atoms in total. The largest absolute Gasteiger partial charge is 0.259 e. The van der Waals surface area contributed by atoms with Crippen molar-refractivity contribution in [2.45, 2.75) is 0 Å². The van der Waals surface area contributed by atoms with Crippen LogP contribution in [0.2, 0.25) is 0 Å². The van der Waals surface area contributed by atoms with E-state index in [1.807, 2.05) is 73.2 Å². The van der Waals surface area contributed by atoms with Crippen molar-refractivity contribution in [1.82, 2.24) is 5.43 Å². The first-order valence-corrected chi connectivity index (χ1v) is 8.89. The van der Waals surface area contributed by atoms with Crippen LogP contribution in [-0.2, 0) is 0 Å². The Balaban J connectivity index is 2.31. The number of thioether (sulfide) groups is 2. The van der Waals surface area contributed by atoms with Gasteiger partial charge in [-0.3, -0.25) is 5.43 Å². The van der Waals surface area contributed by atoms with E-state index < -0.39 is 0 Å². The van der Waals surface area contributed by atoms with Crippen molar-refractivity contribution in [3.63, 3.8) is 0 Å². The normalized spacial score (nSPS) is 11.0. The summed E-state index contributed by atoms with van der Waals surface area (Å²) in [5, 5.41) is 4.40. The number of nitrogens with one attached hydrogen (secondary N) is 1. The van der Waals surface area contributed by atoms with Gasteiger partial charge in [0.2, 0.25) is 0 Å². The van der Waals surface area contributed by atoms with Crippen LogP contribution < -0.4 is 5.43 Å². The predicted octanol–water partition coefficient (Wildman–Crippen LogP) is 4.35. The fraction of sp³-hybridized carbons (Fsp3) is 0.125. The first kappa shape index (κ1) is 15.7. The zero-order valence-corrected chi connectivity index (χ0v) is 13.6. The lowest BCUT2D eigenvalue weighted by atomic mass is 10.2. The molecule has 0 amide bonds. The minimum absolute atomic E-state index is 0.738. The predicted molar refractivity (Wildman–Crippen MR) is 96.7 cm³/mol. The summed E-state index contributed by atoms with van der Waals surface area (Å²) in [5.41, 5.74) is 4.99. The summed E-state index contributed by atoms with van der Waals surface area (Å²) in [6, 6.07) is 19.9. The van der Waals surface area contributed by atoms with E-state index in [2.05, 4.69) is 15.5 Å². The van der Waals surface area contributed by atoms with E-state index in [9.17, 15) is 0 Å². The van der Waals surface area contributed by atoms with Crippen LogP contribution in [0.5, 0.6) is 0 Å². The van der Waals surface area contributed by atoms with Gasteiger partial charge in [-0.15, -0.1) is 23.5 Å².